The summed E-state index contributed by atoms with van der Waals surface area (Å²) in [5.41, 5.74) is 6.03. The first kappa shape index (κ1) is 35.9. The Morgan fingerprint density at radius 3 is 1.80 bits per heavy atom. The minimum absolute atomic E-state index is 0.0586. The van der Waals surface area contributed by atoms with E-state index in [1.165, 1.54) is 12.1 Å². The van der Waals surface area contributed by atoms with Crippen molar-refractivity contribution in [3.05, 3.63) is 23.8 Å². The van der Waals surface area contributed by atoms with Gasteiger partial charge in [-0.1, -0.05) is 53.5 Å². The normalized spacial score (nSPS) is 15.1. The van der Waals surface area contributed by atoms with E-state index in [1.807, 2.05) is 20.8 Å². The summed E-state index contributed by atoms with van der Waals surface area (Å²) >= 11 is 0. The lowest BCUT2D eigenvalue weighted by atomic mass is 10.0. The van der Waals surface area contributed by atoms with Gasteiger partial charge in [0.1, 0.15) is 23.9 Å². The van der Waals surface area contributed by atoms with Gasteiger partial charge in [0.2, 0.25) is 0 Å². The first-order chi connectivity index (χ1) is 19.1. The molecule has 1 aromatic carbocycles. The van der Waals surface area contributed by atoms with Crippen LogP contribution in [0.1, 0.15) is 100.0 Å². The maximum absolute atomic E-state index is 12.7. The molecule has 0 spiro atoms. The van der Waals surface area contributed by atoms with Gasteiger partial charge in [0.05, 0.1) is 11.8 Å². The Hall–Kier alpha value is -3.14. The van der Waals surface area contributed by atoms with Crippen LogP contribution in [-0.2, 0) is 35.0 Å². The molecular formula is C31H49NO9. The molecule has 0 aliphatic rings. The number of benzene rings is 1. The highest BCUT2D eigenvalue weighted by molar-refractivity contribution is 5.79. The van der Waals surface area contributed by atoms with Crippen molar-refractivity contribution in [1.82, 2.24) is 0 Å². The number of esters is 3. The second-order valence-electron chi connectivity index (χ2n) is 11.2. The third kappa shape index (κ3) is 12.5. The summed E-state index contributed by atoms with van der Waals surface area (Å²) < 4.78 is 27.1. The molecule has 2 N–H and O–H groups in total. The third-order valence-electron chi connectivity index (χ3n) is 6.89. The topological polar surface area (TPSA) is 140 Å². The van der Waals surface area contributed by atoms with Crippen LogP contribution in [0.4, 0.5) is 4.79 Å². The standard InChI is InChI=1S/C31H49NO9/c1-10-13-19(4)27(33)39-25-16-15-23(18-26(25)40-28(34)20(5)14-11-2)17-24(32)29(35)37-21(6)22(7)38-30(36)41-31(8,9)12-3/h15-16,18-22,24H,10-14,17,32H2,1-9H3/t19?,20?,21-,22-,24-/m0/s1. The fourth-order valence-electron chi connectivity index (χ4n) is 3.64. The predicted molar refractivity (Wildman–Crippen MR) is 154 cm³/mol. The van der Waals surface area contributed by atoms with Crippen LogP contribution >= 0.6 is 0 Å². The molecule has 41 heavy (non-hydrogen) atoms. The molecule has 0 radical (unpaired) electrons. The van der Waals surface area contributed by atoms with Crippen LogP contribution < -0.4 is 15.2 Å². The van der Waals surface area contributed by atoms with Crippen LogP contribution in [0.25, 0.3) is 0 Å². The van der Waals surface area contributed by atoms with Gasteiger partial charge in [-0.05, 0) is 71.1 Å². The van der Waals surface area contributed by atoms with Gasteiger partial charge in [-0.25, -0.2) is 4.79 Å². The van der Waals surface area contributed by atoms with Gasteiger partial charge in [0, 0.05) is 0 Å². The van der Waals surface area contributed by atoms with E-state index in [0.717, 1.165) is 12.8 Å². The molecule has 0 saturated carbocycles. The molecule has 0 amide bonds. The van der Waals surface area contributed by atoms with Crippen LogP contribution in [0.2, 0.25) is 0 Å². The van der Waals surface area contributed by atoms with Gasteiger partial charge in [-0.3, -0.25) is 14.4 Å². The van der Waals surface area contributed by atoms with Gasteiger partial charge < -0.3 is 29.4 Å². The molecule has 0 heterocycles. The monoisotopic (exact) mass is 579 g/mol. The van der Waals surface area contributed by atoms with E-state index in [4.69, 9.17) is 29.4 Å². The molecule has 0 fully saturated rings. The Labute approximate surface area is 244 Å². The van der Waals surface area contributed by atoms with Gasteiger partial charge in [-0.15, -0.1) is 0 Å². The highest BCUT2D eigenvalue weighted by Crippen LogP contribution is 2.31. The molecule has 232 valence electrons. The van der Waals surface area contributed by atoms with E-state index in [9.17, 15) is 19.2 Å². The van der Waals surface area contributed by atoms with Crippen molar-refractivity contribution in [2.24, 2.45) is 17.6 Å². The fourth-order valence-corrected chi connectivity index (χ4v) is 3.64. The van der Waals surface area contributed by atoms with Crippen LogP contribution in [0.15, 0.2) is 18.2 Å². The molecule has 0 aliphatic heterocycles. The van der Waals surface area contributed by atoms with Crippen molar-refractivity contribution in [1.29, 1.82) is 0 Å². The largest absolute Gasteiger partial charge is 0.509 e. The zero-order valence-corrected chi connectivity index (χ0v) is 26.1. The number of rotatable bonds is 16. The van der Waals surface area contributed by atoms with Crippen molar-refractivity contribution < 1.29 is 42.9 Å². The maximum Gasteiger partial charge on any atom is 0.509 e. The van der Waals surface area contributed by atoms with Crippen molar-refractivity contribution in [3.63, 3.8) is 0 Å². The Bertz CT molecular complexity index is 1020. The SMILES string of the molecule is CCCC(C)C(=O)Oc1ccc(C[C@H](N)C(=O)O[C@@H](C)[C@H](C)OC(=O)OC(C)(C)CC)cc1OC(=O)C(C)CCC. The van der Waals surface area contributed by atoms with Crippen LogP contribution in [0, 0.1) is 11.8 Å². The van der Waals surface area contributed by atoms with Gasteiger partial charge in [0.15, 0.2) is 11.5 Å². The van der Waals surface area contributed by atoms with E-state index in [0.29, 0.717) is 24.8 Å². The number of nitrogens with two attached hydrogens (primary N) is 1. The van der Waals surface area contributed by atoms with E-state index in [1.54, 1.807) is 47.6 Å². The molecule has 2 unspecified atom stereocenters. The molecule has 0 bridgehead atoms. The molecule has 0 aromatic heterocycles. The molecular weight excluding hydrogens is 530 g/mol. The van der Waals surface area contributed by atoms with E-state index >= 15 is 0 Å². The predicted octanol–water partition coefficient (Wildman–Crippen LogP) is 5.90. The molecule has 0 saturated heterocycles. The lowest BCUT2D eigenvalue weighted by Crippen LogP contribution is -2.40. The summed E-state index contributed by atoms with van der Waals surface area (Å²) in [5, 5.41) is 0. The van der Waals surface area contributed by atoms with Crippen molar-refractivity contribution in [2.45, 2.75) is 125 Å². The van der Waals surface area contributed by atoms with Crippen molar-refractivity contribution >= 4 is 24.1 Å². The lowest BCUT2D eigenvalue weighted by Gasteiger charge is -2.26. The lowest BCUT2D eigenvalue weighted by molar-refractivity contribution is -0.156. The molecule has 1 rings (SSSR count). The minimum Gasteiger partial charge on any atom is -0.458 e. The molecule has 0 aliphatic carbocycles. The summed E-state index contributed by atoms with van der Waals surface area (Å²) in [6.07, 6.45) is 1.20. The third-order valence-corrected chi connectivity index (χ3v) is 6.89. The van der Waals surface area contributed by atoms with E-state index < -0.39 is 47.9 Å². The summed E-state index contributed by atoms with van der Waals surface area (Å²) in [6, 6.07) is 3.65. The highest BCUT2D eigenvalue weighted by Gasteiger charge is 2.28. The Morgan fingerprint density at radius 2 is 1.29 bits per heavy atom. The molecule has 10 nitrogen and oxygen atoms in total. The van der Waals surface area contributed by atoms with Gasteiger partial charge in [0.25, 0.3) is 0 Å². The zero-order chi connectivity index (χ0) is 31.3. The van der Waals surface area contributed by atoms with Crippen molar-refractivity contribution in [2.75, 3.05) is 0 Å². The van der Waals surface area contributed by atoms with Crippen molar-refractivity contribution in [3.8, 4) is 11.5 Å². The Kier molecular flexibility index (Phi) is 14.8. The van der Waals surface area contributed by atoms with Gasteiger partial charge in [-0.2, -0.15) is 0 Å². The quantitative estimate of drug-likeness (QED) is 0.186. The summed E-state index contributed by atoms with van der Waals surface area (Å²) in [5.74, 6) is -2.04. The molecule has 1 aromatic rings. The Morgan fingerprint density at radius 1 is 0.780 bits per heavy atom. The molecule has 10 heteroatoms. The second kappa shape index (κ2) is 17.0. The first-order valence-corrected chi connectivity index (χ1v) is 14.6. The Balaban J connectivity index is 2.97. The fraction of sp³-hybridized carbons (Fsp3) is 0.677. The maximum atomic E-state index is 12.7. The number of carbonyl (C=O) groups is 4. The number of hydrogen-bond acceptors (Lipinski definition) is 10. The van der Waals surface area contributed by atoms with E-state index in [-0.39, 0.29) is 29.8 Å². The highest BCUT2D eigenvalue weighted by atomic mass is 16.7. The van der Waals surface area contributed by atoms with Gasteiger partial charge >= 0.3 is 24.1 Å². The number of carbonyl (C=O) groups excluding carboxylic acids is 4. The first-order valence-electron chi connectivity index (χ1n) is 14.6. The summed E-state index contributed by atoms with van der Waals surface area (Å²) in [7, 11) is 0. The molecule has 5 atom stereocenters. The van der Waals surface area contributed by atoms with Crippen LogP contribution in [0.5, 0.6) is 11.5 Å². The second-order valence-corrected chi connectivity index (χ2v) is 11.2. The summed E-state index contributed by atoms with van der Waals surface area (Å²) in [4.78, 5) is 50.0. The van der Waals surface area contributed by atoms with Crippen LogP contribution in [-0.4, -0.2) is 47.9 Å². The van der Waals surface area contributed by atoms with E-state index in [2.05, 4.69) is 0 Å². The number of hydrogen-bond donors (Lipinski definition) is 1. The minimum atomic E-state index is -1.06. The summed E-state index contributed by atoms with van der Waals surface area (Å²) in [6.45, 7) is 16.1. The van der Waals surface area contributed by atoms with Crippen LogP contribution in [0.3, 0.4) is 0 Å². The average molecular weight is 580 g/mol. The number of ether oxygens (including phenoxy) is 5. The zero-order valence-electron chi connectivity index (χ0n) is 26.1. The smallest absolute Gasteiger partial charge is 0.458 e. The average Bonchev–Trinajstić information content (AvgIpc) is 2.89.